The van der Waals surface area contributed by atoms with Gasteiger partial charge in [0.2, 0.25) is 35.4 Å². The molecule has 0 aromatic heterocycles. The Morgan fingerprint density at radius 3 is 2.06 bits per heavy atom. The molecule has 22 nitrogen and oxygen atoms in total. The van der Waals surface area contributed by atoms with Crippen LogP contribution < -0.4 is 20.7 Å². The molecular formula is C57H89N7O15. The van der Waals surface area contributed by atoms with Crippen molar-refractivity contribution in [3.8, 4) is 5.75 Å². The van der Waals surface area contributed by atoms with Crippen molar-refractivity contribution in [2.45, 2.75) is 201 Å². The molecule has 1 aromatic rings. The molecule has 0 unspecified atom stereocenters. The highest BCUT2D eigenvalue weighted by Gasteiger charge is 2.46. The summed E-state index contributed by atoms with van der Waals surface area (Å²) in [5.74, 6) is -10.3. The van der Waals surface area contributed by atoms with Gasteiger partial charge in [-0.25, -0.2) is 4.79 Å². The summed E-state index contributed by atoms with van der Waals surface area (Å²) >= 11 is 0. The van der Waals surface area contributed by atoms with Crippen LogP contribution in [0.3, 0.4) is 0 Å². The van der Waals surface area contributed by atoms with Crippen LogP contribution in [-0.2, 0) is 63.8 Å². The normalized spacial score (nSPS) is 27.7. The Hall–Kier alpha value is -6.16. The molecule has 79 heavy (non-hydrogen) atoms. The van der Waals surface area contributed by atoms with Gasteiger partial charge in [0.25, 0.3) is 5.91 Å². The number of ketones is 1. The van der Waals surface area contributed by atoms with Crippen LogP contribution in [0.1, 0.15) is 133 Å². The molecule has 22 heteroatoms. The van der Waals surface area contributed by atoms with Gasteiger partial charge in [-0.3, -0.25) is 43.2 Å². The van der Waals surface area contributed by atoms with Gasteiger partial charge in [-0.05, 0) is 101 Å². The van der Waals surface area contributed by atoms with Crippen molar-refractivity contribution in [3.63, 3.8) is 0 Å². The van der Waals surface area contributed by atoms with Crippen molar-refractivity contribution in [2.75, 3.05) is 34.3 Å². The molecule has 0 aliphatic carbocycles. The lowest BCUT2D eigenvalue weighted by molar-refractivity contribution is -0.163. The van der Waals surface area contributed by atoms with E-state index >= 15 is 4.79 Å². The summed E-state index contributed by atoms with van der Waals surface area (Å²) in [5.41, 5.74) is 0.571. The fourth-order valence-electron chi connectivity index (χ4n) is 10.5. The summed E-state index contributed by atoms with van der Waals surface area (Å²) in [6, 6.07) is -2.19. The Labute approximate surface area is 465 Å². The number of nitrogens with one attached hydrogen (secondary N) is 3. The van der Waals surface area contributed by atoms with Gasteiger partial charge < -0.3 is 60.0 Å². The molecule has 1 aromatic carbocycles. The number of ether oxygens (including phenoxy) is 3. The van der Waals surface area contributed by atoms with Crippen LogP contribution in [0, 0.1) is 29.6 Å². The van der Waals surface area contributed by atoms with E-state index in [9.17, 15) is 53.4 Å². The van der Waals surface area contributed by atoms with Crippen molar-refractivity contribution in [1.29, 1.82) is 0 Å². The number of methoxy groups -OCH3 is 1. The predicted molar refractivity (Wildman–Crippen MR) is 290 cm³/mol. The maximum absolute atomic E-state index is 15.0. The van der Waals surface area contributed by atoms with Crippen molar-refractivity contribution in [1.82, 2.24) is 35.6 Å². The number of cyclic esters (lactones) is 2. The first kappa shape index (κ1) is 65.4. The van der Waals surface area contributed by atoms with E-state index in [0.717, 1.165) is 0 Å². The van der Waals surface area contributed by atoms with Crippen molar-refractivity contribution in [3.05, 3.63) is 29.8 Å². The minimum atomic E-state index is -1.76. The number of amides is 7. The van der Waals surface area contributed by atoms with E-state index in [1.165, 1.54) is 61.6 Å². The van der Waals surface area contributed by atoms with Gasteiger partial charge in [-0.1, -0.05) is 73.9 Å². The summed E-state index contributed by atoms with van der Waals surface area (Å²) in [6.07, 6.45) is -4.99. The largest absolute Gasteiger partial charge is 0.497 e. The number of Topliss-reactive ketones (excluding diaryl/α,β-unsaturated/α-hetero) is 1. The maximum Gasteiger partial charge on any atom is 0.329 e. The highest BCUT2D eigenvalue weighted by molar-refractivity contribution is 6.05. The first-order chi connectivity index (χ1) is 37.0. The standard InChI is InChI=1S/C57H89N7O15/c1-15-33(8)46-44(66)29-45(67)79-49(32(6)7)48(68)34(9)50(69)58-39(26-30(2)3)54(73)64-25-17-19-41(64)56(75)62(13)43(28-37-20-22-38(77-14)23-21-37)57(76)78-36(11)47(52(71)59-46)60-51(70)42(27-31(4)5)61(12)55(74)40-18-16-24-63(40)53(72)35(10)65/h20-23,30-36,39-44,46-47,49,65-66H,15-19,24-29H2,1-14H3,(H,58,69)(H,59,71)(H,60,70)/t33-,34-,35-,36+,39-,40+,41-,42+,43-,44-,46+,47-,49-/m0/s1. The molecule has 3 aliphatic rings. The minimum absolute atomic E-state index is 0.0720. The van der Waals surface area contributed by atoms with E-state index < -0.39 is 150 Å². The van der Waals surface area contributed by atoms with Gasteiger partial charge in [-0.2, -0.15) is 0 Å². The summed E-state index contributed by atoms with van der Waals surface area (Å²) in [6.45, 7) is 18.4. The molecule has 3 saturated heterocycles. The lowest BCUT2D eigenvalue weighted by Crippen LogP contribution is -2.62. The second-order valence-corrected chi connectivity index (χ2v) is 23.0. The zero-order valence-electron chi connectivity index (χ0n) is 48.8. The number of fused-ring (bicyclic) bond motifs is 1. The molecule has 4 rings (SSSR count). The first-order valence-corrected chi connectivity index (χ1v) is 28.0. The summed E-state index contributed by atoms with van der Waals surface area (Å²) in [5, 5.41) is 30.2. The lowest BCUT2D eigenvalue weighted by atomic mass is 9.91. The number of benzene rings is 1. The highest BCUT2D eigenvalue weighted by Crippen LogP contribution is 2.27. The average Bonchev–Trinajstić information content (AvgIpc) is 4.13. The molecule has 0 spiro atoms. The summed E-state index contributed by atoms with van der Waals surface area (Å²) < 4.78 is 17.2. The van der Waals surface area contributed by atoms with Crippen LogP contribution in [-0.4, -0.2) is 190 Å². The van der Waals surface area contributed by atoms with Crippen LogP contribution in [0.2, 0.25) is 0 Å². The number of hydrogen-bond acceptors (Lipinski definition) is 15. The minimum Gasteiger partial charge on any atom is -0.497 e. The van der Waals surface area contributed by atoms with Gasteiger partial charge in [0, 0.05) is 33.6 Å². The van der Waals surface area contributed by atoms with E-state index in [0.29, 0.717) is 30.6 Å². The molecule has 0 radical (unpaired) electrons. The first-order valence-electron chi connectivity index (χ1n) is 28.0. The molecule has 7 amide bonds. The summed E-state index contributed by atoms with van der Waals surface area (Å²) in [7, 11) is 4.29. The zero-order chi connectivity index (χ0) is 59.3. The second-order valence-electron chi connectivity index (χ2n) is 23.0. The molecule has 5 N–H and O–H groups in total. The van der Waals surface area contributed by atoms with Crippen LogP contribution in [0.5, 0.6) is 5.75 Å². The van der Waals surface area contributed by atoms with Crippen LogP contribution >= 0.6 is 0 Å². The molecule has 3 heterocycles. The van der Waals surface area contributed by atoms with Gasteiger partial charge in [0.1, 0.15) is 54.2 Å². The van der Waals surface area contributed by atoms with E-state index in [1.54, 1.807) is 52.0 Å². The van der Waals surface area contributed by atoms with Crippen molar-refractivity contribution in [2.24, 2.45) is 29.6 Å². The van der Waals surface area contributed by atoms with E-state index in [1.807, 2.05) is 27.7 Å². The molecular weight excluding hydrogens is 1020 g/mol. The van der Waals surface area contributed by atoms with Gasteiger partial charge in [-0.15, -0.1) is 0 Å². The fraction of sp³-hybridized carbons (Fsp3) is 0.719. The zero-order valence-corrected chi connectivity index (χ0v) is 48.8. The molecule has 442 valence electrons. The van der Waals surface area contributed by atoms with E-state index in [-0.39, 0.29) is 57.0 Å². The number of aliphatic hydroxyl groups excluding tert-OH is 2. The number of carbonyl (C=O) groups excluding carboxylic acids is 10. The number of likely N-dealkylation sites (tertiary alicyclic amines) is 1. The van der Waals surface area contributed by atoms with Gasteiger partial charge >= 0.3 is 11.9 Å². The number of nitrogens with zero attached hydrogens (tertiary/aromatic N) is 4. The molecule has 13 atom stereocenters. The summed E-state index contributed by atoms with van der Waals surface area (Å²) in [4.78, 5) is 149. The van der Waals surface area contributed by atoms with E-state index in [4.69, 9.17) is 14.2 Å². The third-order valence-corrected chi connectivity index (χ3v) is 15.5. The fourth-order valence-corrected chi connectivity index (χ4v) is 10.5. The number of aliphatic hydroxyl groups is 2. The van der Waals surface area contributed by atoms with Crippen molar-refractivity contribution >= 4 is 59.1 Å². The van der Waals surface area contributed by atoms with Crippen LogP contribution in [0.4, 0.5) is 0 Å². The quantitative estimate of drug-likeness (QED) is 0.124. The molecule has 0 bridgehead atoms. The monoisotopic (exact) mass is 1110 g/mol. The number of likely N-dealkylation sites (N-methyl/N-ethyl adjacent to an activating group) is 2. The SMILES string of the molecule is CC[C@H](C)[C@H]1NC(=O)[C@@H](NC(=O)[C@@H](CC(C)C)N(C)C(=O)[C@H]2CCCN2C(=O)[C@H](C)O)[C@@H](C)OC(=O)[C@H](Cc2ccc(OC)cc2)N(C)C(=O)[C@@H]2CCCN2C(=O)[C@H](CC(C)C)NC(=O)[C@@H](C)C(=O)[C@H](C(C)C)OC(=O)C[C@@H]1O. The number of esters is 2. The Morgan fingerprint density at radius 2 is 1.49 bits per heavy atom. The molecule has 0 saturated carbocycles. The van der Waals surface area contributed by atoms with E-state index in [2.05, 4.69) is 16.0 Å². The van der Waals surface area contributed by atoms with Gasteiger partial charge in [0.15, 0.2) is 11.9 Å². The second kappa shape index (κ2) is 29.3. The smallest absolute Gasteiger partial charge is 0.329 e. The molecule has 3 aliphatic heterocycles. The Morgan fingerprint density at radius 1 is 0.861 bits per heavy atom. The lowest BCUT2D eigenvalue weighted by Gasteiger charge is -2.36. The third kappa shape index (κ3) is 16.9. The van der Waals surface area contributed by atoms with Crippen LogP contribution in [0.15, 0.2) is 24.3 Å². The van der Waals surface area contributed by atoms with Gasteiger partial charge in [0.05, 0.1) is 31.6 Å². The Balaban J connectivity index is 1.89. The Bertz CT molecular complexity index is 2330. The third-order valence-electron chi connectivity index (χ3n) is 15.5. The van der Waals surface area contributed by atoms with Crippen LogP contribution in [0.25, 0.3) is 0 Å². The topological polar surface area (TPSA) is 288 Å². The number of carbonyl (C=O) groups is 10. The highest BCUT2D eigenvalue weighted by atomic mass is 16.6. The maximum atomic E-state index is 15.0. The number of rotatable bonds is 15. The van der Waals surface area contributed by atoms with Crippen molar-refractivity contribution < 1.29 is 72.4 Å². The average molecular weight is 1110 g/mol. The molecule has 3 fully saturated rings. The predicted octanol–water partition coefficient (Wildman–Crippen LogP) is 2.32. The Kier molecular flexibility index (Phi) is 24.3. The number of hydrogen-bond donors (Lipinski definition) is 5.